The monoisotopic (exact) mass is 416 g/mol. The zero-order valence-electron chi connectivity index (χ0n) is 19.4. The van der Waals surface area contributed by atoms with E-state index >= 15 is 0 Å². The molecule has 0 saturated heterocycles. The summed E-state index contributed by atoms with van der Waals surface area (Å²) in [4.78, 5) is 0. The Balaban J connectivity index is 1.82. The zero-order valence-corrected chi connectivity index (χ0v) is 19.4. The molecule has 0 saturated carbocycles. The van der Waals surface area contributed by atoms with Crippen molar-refractivity contribution in [3.05, 3.63) is 137 Å². The summed E-state index contributed by atoms with van der Waals surface area (Å²) >= 11 is 0. The molecule has 0 nitrogen and oxygen atoms in total. The summed E-state index contributed by atoms with van der Waals surface area (Å²) in [6, 6.07) is 15.3. The fourth-order valence-electron chi connectivity index (χ4n) is 4.88. The Kier molecular flexibility index (Phi) is 6.42. The highest BCUT2D eigenvalue weighted by molar-refractivity contribution is 5.72. The van der Waals surface area contributed by atoms with Gasteiger partial charge in [0.1, 0.15) is 0 Å². The smallest absolute Gasteiger partial charge is 0.00673 e. The Bertz CT molecular complexity index is 1190. The van der Waals surface area contributed by atoms with E-state index in [9.17, 15) is 0 Å². The Morgan fingerprint density at radius 3 is 2.59 bits per heavy atom. The molecule has 0 heterocycles. The van der Waals surface area contributed by atoms with Crippen LogP contribution in [0.3, 0.4) is 0 Å². The number of hydrogen-bond donors (Lipinski definition) is 0. The minimum Gasteiger partial charge on any atom is -0.0987 e. The van der Waals surface area contributed by atoms with E-state index in [1.54, 1.807) is 0 Å². The number of benzene rings is 2. The van der Waals surface area contributed by atoms with Gasteiger partial charge in [-0.05, 0) is 76.4 Å². The predicted octanol–water partition coefficient (Wildman–Crippen LogP) is 8.91. The maximum absolute atomic E-state index is 4.61. The average molecular weight is 417 g/mol. The molecule has 4 rings (SSSR count). The lowest BCUT2D eigenvalue weighted by Crippen LogP contribution is -2.12. The van der Waals surface area contributed by atoms with Crippen LogP contribution in [0.15, 0.2) is 120 Å². The van der Waals surface area contributed by atoms with Crippen LogP contribution in [0.4, 0.5) is 0 Å². The molecule has 0 aromatic heterocycles. The highest BCUT2D eigenvalue weighted by atomic mass is 14.3. The topological polar surface area (TPSA) is 0 Å². The standard InChI is InChI=1S/C32H32/c1-6-13-27-20-29(26-15-9-8-10-16-26)21-31(24(27)5)22(3)23(4)32-19-25-14-11-12-17-28(18-25)30(32)7-2/h6-17,19-22,28H,2,4,18H2,1,3,5H3/b13-6-. The van der Waals surface area contributed by atoms with Crippen molar-refractivity contribution in [2.24, 2.45) is 5.92 Å². The Morgan fingerprint density at radius 2 is 1.88 bits per heavy atom. The number of fused-ring (bicyclic) bond motifs is 2. The molecule has 0 heteroatoms. The molecule has 0 spiro atoms. The van der Waals surface area contributed by atoms with Crippen LogP contribution in [0.25, 0.3) is 17.2 Å². The van der Waals surface area contributed by atoms with Crippen molar-refractivity contribution in [2.75, 3.05) is 0 Å². The molecule has 0 radical (unpaired) electrons. The molecule has 2 aliphatic carbocycles. The first kappa shape index (κ1) is 21.8. The lowest BCUT2D eigenvalue weighted by Gasteiger charge is -2.28. The molecule has 0 aliphatic heterocycles. The van der Waals surface area contributed by atoms with E-state index in [0.717, 1.165) is 12.0 Å². The third-order valence-corrected chi connectivity index (χ3v) is 6.76. The Labute approximate surface area is 193 Å². The van der Waals surface area contributed by atoms with Gasteiger partial charge in [0.2, 0.25) is 0 Å². The fraction of sp³-hybridized carbons (Fsp3) is 0.188. The average Bonchev–Trinajstić information content (AvgIpc) is 3.01. The molecule has 0 N–H and O–H groups in total. The molecule has 2 atom stereocenters. The SMILES string of the molecule is C=CC1=C(C(=C)C(C)c2cc(-c3ccccc3)cc(/C=C\C)c2C)C=C2C=CC=CC1C2. The molecule has 2 aliphatic rings. The Hall–Kier alpha value is -3.38. The summed E-state index contributed by atoms with van der Waals surface area (Å²) in [5, 5.41) is 0. The van der Waals surface area contributed by atoms with E-state index in [4.69, 9.17) is 0 Å². The van der Waals surface area contributed by atoms with Crippen molar-refractivity contribution in [3.63, 3.8) is 0 Å². The van der Waals surface area contributed by atoms with E-state index in [1.165, 1.54) is 44.5 Å². The maximum atomic E-state index is 4.61. The van der Waals surface area contributed by atoms with Crippen molar-refractivity contribution in [1.29, 1.82) is 0 Å². The van der Waals surface area contributed by atoms with Gasteiger partial charge in [0, 0.05) is 11.8 Å². The summed E-state index contributed by atoms with van der Waals surface area (Å²) in [6.07, 6.45) is 18.5. The zero-order chi connectivity index (χ0) is 22.7. The summed E-state index contributed by atoms with van der Waals surface area (Å²) < 4.78 is 0. The van der Waals surface area contributed by atoms with Gasteiger partial charge < -0.3 is 0 Å². The second-order valence-corrected chi connectivity index (χ2v) is 8.74. The van der Waals surface area contributed by atoms with Gasteiger partial charge in [0.15, 0.2) is 0 Å². The highest BCUT2D eigenvalue weighted by Crippen LogP contribution is 2.41. The van der Waals surface area contributed by atoms with Crippen LogP contribution in [-0.4, -0.2) is 0 Å². The van der Waals surface area contributed by atoms with Crippen molar-refractivity contribution in [2.45, 2.75) is 33.1 Å². The van der Waals surface area contributed by atoms with Crippen molar-refractivity contribution >= 4 is 6.08 Å². The van der Waals surface area contributed by atoms with Gasteiger partial charge >= 0.3 is 0 Å². The minimum absolute atomic E-state index is 0.192. The second-order valence-electron chi connectivity index (χ2n) is 8.74. The lowest BCUT2D eigenvalue weighted by molar-refractivity contribution is 0.751. The van der Waals surface area contributed by atoms with E-state index in [-0.39, 0.29) is 5.92 Å². The van der Waals surface area contributed by atoms with Gasteiger partial charge in [0.25, 0.3) is 0 Å². The molecule has 2 unspecified atom stereocenters. The van der Waals surface area contributed by atoms with Crippen LogP contribution in [0.5, 0.6) is 0 Å². The molecule has 0 amide bonds. The number of hydrogen-bond acceptors (Lipinski definition) is 0. The summed E-state index contributed by atoms with van der Waals surface area (Å²) in [6.45, 7) is 15.4. The van der Waals surface area contributed by atoms with Crippen LogP contribution >= 0.6 is 0 Å². The molecule has 0 fully saturated rings. The summed E-state index contributed by atoms with van der Waals surface area (Å²) in [5.74, 6) is 0.564. The second kappa shape index (κ2) is 9.40. The normalized spacial score (nSPS) is 18.5. The molecule has 2 bridgehead atoms. The highest BCUT2D eigenvalue weighted by Gasteiger charge is 2.25. The van der Waals surface area contributed by atoms with Crippen LogP contribution in [-0.2, 0) is 0 Å². The van der Waals surface area contributed by atoms with Crippen molar-refractivity contribution in [3.8, 4) is 11.1 Å². The van der Waals surface area contributed by atoms with Crippen LogP contribution in [0.1, 0.15) is 42.9 Å². The number of rotatable bonds is 6. The number of allylic oxidation sites excluding steroid dienone is 11. The van der Waals surface area contributed by atoms with Gasteiger partial charge in [0.05, 0.1) is 0 Å². The van der Waals surface area contributed by atoms with Crippen LogP contribution < -0.4 is 0 Å². The maximum Gasteiger partial charge on any atom is 0.00673 e. The third-order valence-electron chi connectivity index (χ3n) is 6.76. The first-order valence-electron chi connectivity index (χ1n) is 11.5. The molecule has 32 heavy (non-hydrogen) atoms. The van der Waals surface area contributed by atoms with Gasteiger partial charge in [-0.15, -0.1) is 0 Å². The first-order valence-corrected chi connectivity index (χ1v) is 11.5. The predicted molar refractivity (Wildman–Crippen MR) is 141 cm³/mol. The summed E-state index contributed by atoms with van der Waals surface area (Å²) in [5.41, 5.74) is 11.5. The minimum atomic E-state index is 0.192. The van der Waals surface area contributed by atoms with Crippen LogP contribution in [0.2, 0.25) is 0 Å². The molecular weight excluding hydrogens is 384 g/mol. The first-order chi connectivity index (χ1) is 15.5. The largest absolute Gasteiger partial charge is 0.0987 e. The van der Waals surface area contributed by atoms with Crippen molar-refractivity contribution < 1.29 is 0 Å². The van der Waals surface area contributed by atoms with Crippen LogP contribution in [0, 0.1) is 12.8 Å². The molecule has 2 aromatic carbocycles. The Morgan fingerprint density at radius 1 is 1.09 bits per heavy atom. The van der Waals surface area contributed by atoms with E-state index in [1.807, 2.05) is 6.08 Å². The lowest BCUT2D eigenvalue weighted by atomic mass is 9.76. The van der Waals surface area contributed by atoms with Gasteiger partial charge in [-0.3, -0.25) is 0 Å². The fourth-order valence-corrected chi connectivity index (χ4v) is 4.88. The quantitative estimate of drug-likeness (QED) is 0.441. The third kappa shape index (κ3) is 4.18. The van der Waals surface area contributed by atoms with E-state index in [2.05, 4.69) is 119 Å². The van der Waals surface area contributed by atoms with E-state index in [0.29, 0.717) is 5.92 Å². The molecule has 2 aromatic rings. The molecular formula is C32H32. The van der Waals surface area contributed by atoms with E-state index < -0.39 is 0 Å². The van der Waals surface area contributed by atoms with Gasteiger partial charge in [-0.1, -0.05) is 105 Å². The van der Waals surface area contributed by atoms with Gasteiger partial charge in [-0.2, -0.15) is 0 Å². The summed E-state index contributed by atoms with van der Waals surface area (Å²) in [7, 11) is 0. The van der Waals surface area contributed by atoms with Gasteiger partial charge in [-0.25, -0.2) is 0 Å². The molecule has 160 valence electrons. The van der Waals surface area contributed by atoms with Crippen molar-refractivity contribution in [1.82, 2.24) is 0 Å².